The van der Waals surface area contributed by atoms with E-state index in [1.54, 1.807) is 19.3 Å². The maximum Gasteiger partial charge on any atom is 0.408 e. The summed E-state index contributed by atoms with van der Waals surface area (Å²) in [5.74, 6) is 1.19. The Morgan fingerprint density at radius 1 is 1.29 bits per heavy atom. The number of aldehydes is 1. The van der Waals surface area contributed by atoms with E-state index in [9.17, 15) is 9.59 Å². The number of aryl methyl sites for hydroxylation is 1. The maximum atomic E-state index is 11.5. The van der Waals surface area contributed by atoms with Crippen LogP contribution in [-0.4, -0.2) is 38.7 Å². The van der Waals surface area contributed by atoms with Gasteiger partial charge in [-0.3, -0.25) is 0 Å². The Bertz CT molecular complexity index is 597. The van der Waals surface area contributed by atoms with Gasteiger partial charge < -0.3 is 24.3 Å². The number of hydrogen-bond acceptors (Lipinski definition) is 5. The highest BCUT2D eigenvalue weighted by molar-refractivity contribution is 5.73. The average Bonchev–Trinajstić information content (AvgIpc) is 2.57. The summed E-state index contributed by atoms with van der Waals surface area (Å²) in [7, 11) is 1.56. The second-order valence-corrected chi connectivity index (χ2v) is 5.02. The van der Waals surface area contributed by atoms with E-state index in [2.05, 4.69) is 18.5 Å². The van der Waals surface area contributed by atoms with Gasteiger partial charge in [0.05, 0.1) is 13.2 Å². The minimum Gasteiger partial charge on any atom is -0.493 e. The number of rotatable bonds is 10. The van der Waals surface area contributed by atoms with Crippen LogP contribution in [-0.2, 0) is 16.0 Å². The minimum atomic E-state index is -0.706. The molecule has 0 saturated carbocycles. The molecule has 130 valence electrons. The first-order chi connectivity index (χ1) is 11.5. The van der Waals surface area contributed by atoms with Gasteiger partial charge in [0, 0.05) is 0 Å². The van der Waals surface area contributed by atoms with Gasteiger partial charge >= 0.3 is 6.09 Å². The molecule has 1 amide bonds. The second-order valence-electron chi connectivity index (χ2n) is 5.02. The fraction of sp³-hybridized carbons (Fsp3) is 0.333. The topological polar surface area (TPSA) is 73.9 Å². The summed E-state index contributed by atoms with van der Waals surface area (Å²) in [6, 6.07) is 2.96. The largest absolute Gasteiger partial charge is 0.493 e. The number of carbonyl (C=O) groups excluding carboxylic acids is 2. The molecular weight excluding hydrogens is 310 g/mol. The zero-order chi connectivity index (χ0) is 17.9. The summed E-state index contributed by atoms with van der Waals surface area (Å²) in [6.45, 7) is 9.36. The zero-order valence-electron chi connectivity index (χ0n) is 14.0. The second kappa shape index (κ2) is 10.1. The van der Waals surface area contributed by atoms with E-state index in [-0.39, 0.29) is 6.61 Å². The third kappa shape index (κ3) is 5.79. The number of benzene rings is 1. The van der Waals surface area contributed by atoms with Gasteiger partial charge in [0.15, 0.2) is 11.5 Å². The zero-order valence-corrected chi connectivity index (χ0v) is 14.0. The van der Waals surface area contributed by atoms with E-state index in [1.165, 1.54) is 6.08 Å². The van der Waals surface area contributed by atoms with Crippen molar-refractivity contribution in [3.05, 3.63) is 48.6 Å². The van der Waals surface area contributed by atoms with Crippen LogP contribution in [0.5, 0.6) is 11.5 Å². The molecule has 0 aliphatic carbocycles. The molecule has 1 atom stereocenters. The summed E-state index contributed by atoms with van der Waals surface area (Å²) in [5, 5.41) is 2.50. The summed E-state index contributed by atoms with van der Waals surface area (Å²) >= 11 is 0. The number of amides is 1. The first-order valence-corrected chi connectivity index (χ1v) is 7.46. The van der Waals surface area contributed by atoms with Crippen molar-refractivity contribution >= 4 is 12.4 Å². The van der Waals surface area contributed by atoms with Crippen molar-refractivity contribution in [2.45, 2.75) is 19.4 Å². The Hall–Kier alpha value is -2.76. The van der Waals surface area contributed by atoms with Crippen molar-refractivity contribution in [3.8, 4) is 11.5 Å². The van der Waals surface area contributed by atoms with Crippen LogP contribution in [0.3, 0.4) is 0 Å². The molecule has 0 heterocycles. The number of alkyl carbamates (subject to hydrolysis) is 1. The molecule has 24 heavy (non-hydrogen) atoms. The molecule has 1 aromatic carbocycles. The van der Waals surface area contributed by atoms with Gasteiger partial charge in [-0.25, -0.2) is 4.79 Å². The third-order valence-corrected chi connectivity index (χ3v) is 3.12. The van der Waals surface area contributed by atoms with Crippen molar-refractivity contribution in [1.29, 1.82) is 0 Å². The first-order valence-electron chi connectivity index (χ1n) is 7.46. The molecule has 0 unspecified atom stereocenters. The Kier molecular flexibility index (Phi) is 8.11. The van der Waals surface area contributed by atoms with Crippen molar-refractivity contribution < 1.29 is 23.8 Å². The Morgan fingerprint density at radius 2 is 2.00 bits per heavy atom. The van der Waals surface area contributed by atoms with Crippen LogP contribution >= 0.6 is 0 Å². The summed E-state index contributed by atoms with van der Waals surface area (Å²) in [5.41, 5.74) is 1.70. The molecule has 0 bridgehead atoms. The van der Waals surface area contributed by atoms with Crippen LogP contribution in [0.2, 0.25) is 0 Å². The van der Waals surface area contributed by atoms with E-state index in [4.69, 9.17) is 14.2 Å². The summed E-state index contributed by atoms with van der Waals surface area (Å²) < 4.78 is 15.7. The number of hydrogen-bond donors (Lipinski definition) is 1. The lowest BCUT2D eigenvalue weighted by Gasteiger charge is -2.16. The lowest BCUT2D eigenvalue weighted by Crippen LogP contribution is -2.38. The monoisotopic (exact) mass is 333 g/mol. The molecule has 6 heteroatoms. The van der Waals surface area contributed by atoms with Crippen LogP contribution < -0.4 is 14.8 Å². The predicted octanol–water partition coefficient (Wildman–Crippen LogP) is 2.59. The Labute approximate surface area is 142 Å². The van der Waals surface area contributed by atoms with E-state index >= 15 is 0 Å². The van der Waals surface area contributed by atoms with Crippen LogP contribution in [0.25, 0.3) is 0 Å². The van der Waals surface area contributed by atoms with Gasteiger partial charge in [-0.15, -0.1) is 0 Å². The molecule has 1 rings (SSSR count). The summed E-state index contributed by atoms with van der Waals surface area (Å²) in [4.78, 5) is 22.8. The summed E-state index contributed by atoms with van der Waals surface area (Å²) in [6.07, 6.45) is 3.39. The molecule has 6 nitrogen and oxygen atoms in total. The van der Waals surface area contributed by atoms with Gasteiger partial charge in [0.1, 0.15) is 19.5 Å². The fourth-order valence-corrected chi connectivity index (χ4v) is 2.16. The quantitative estimate of drug-likeness (QED) is 0.526. The van der Waals surface area contributed by atoms with Gasteiger partial charge in [-0.1, -0.05) is 31.4 Å². The van der Waals surface area contributed by atoms with E-state index in [1.807, 2.05) is 13.0 Å². The predicted molar refractivity (Wildman–Crippen MR) is 91.7 cm³/mol. The van der Waals surface area contributed by atoms with Crippen LogP contribution in [0, 0.1) is 6.92 Å². The highest BCUT2D eigenvalue weighted by Crippen LogP contribution is 2.32. The molecule has 0 aliphatic rings. The molecule has 0 fully saturated rings. The molecule has 1 N–H and O–H groups in total. The lowest BCUT2D eigenvalue weighted by molar-refractivity contribution is -0.109. The smallest absolute Gasteiger partial charge is 0.408 e. The third-order valence-electron chi connectivity index (χ3n) is 3.12. The number of carbonyl (C=O) groups is 2. The van der Waals surface area contributed by atoms with Crippen molar-refractivity contribution in [2.75, 3.05) is 20.3 Å². The van der Waals surface area contributed by atoms with Crippen molar-refractivity contribution in [2.24, 2.45) is 0 Å². The van der Waals surface area contributed by atoms with E-state index in [0.29, 0.717) is 30.8 Å². The normalized spacial score (nSPS) is 11.1. The van der Waals surface area contributed by atoms with E-state index in [0.717, 1.165) is 11.1 Å². The van der Waals surface area contributed by atoms with E-state index < -0.39 is 12.1 Å². The van der Waals surface area contributed by atoms with Crippen LogP contribution in [0.1, 0.15) is 11.1 Å². The minimum absolute atomic E-state index is 0.0819. The van der Waals surface area contributed by atoms with Gasteiger partial charge in [-0.05, 0) is 30.5 Å². The highest BCUT2D eigenvalue weighted by atomic mass is 16.5. The average molecular weight is 333 g/mol. The van der Waals surface area contributed by atoms with Crippen molar-refractivity contribution in [3.63, 3.8) is 0 Å². The molecule has 0 aromatic heterocycles. The Morgan fingerprint density at radius 3 is 2.58 bits per heavy atom. The van der Waals surface area contributed by atoms with Crippen LogP contribution in [0.4, 0.5) is 4.79 Å². The van der Waals surface area contributed by atoms with Gasteiger partial charge in [0.25, 0.3) is 0 Å². The first kappa shape index (κ1) is 19.3. The number of nitrogens with one attached hydrogen (secondary N) is 1. The molecule has 0 radical (unpaired) electrons. The molecule has 0 aliphatic heterocycles. The standard InChI is InChI=1S/C18H23NO5/c1-5-7-23-16-11-14(9-13(3)17(16)22-4)10-15(12-20)19-18(21)24-8-6-2/h5-6,9,11-12,15H,1-2,7-8,10H2,3-4H3,(H,19,21)/t15-/m0/s1. The molecule has 1 aromatic rings. The maximum absolute atomic E-state index is 11.5. The molecular formula is C18H23NO5. The van der Waals surface area contributed by atoms with Crippen LogP contribution in [0.15, 0.2) is 37.4 Å². The number of methoxy groups -OCH3 is 1. The lowest BCUT2D eigenvalue weighted by atomic mass is 10.0. The SMILES string of the molecule is C=CCOC(=O)N[C@H](C=O)Cc1cc(C)c(OC)c(OCC=C)c1. The van der Waals surface area contributed by atoms with Crippen molar-refractivity contribution in [1.82, 2.24) is 5.32 Å². The number of ether oxygens (including phenoxy) is 3. The highest BCUT2D eigenvalue weighted by Gasteiger charge is 2.16. The fourth-order valence-electron chi connectivity index (χ4n) is 2.16. The van der Waals surface area contributed by atoms with Gasteiger partial charge in [-0.2, -0.15) is 0 Å². The van der Waals surface area contributed by atoms with Gasteiger partial charge in [0.2, 0.25) is 0 Å². The molecule has 0 spiro atoms. The Balaban J connectivity index is 2.89. The molecule has 0 saturated heterocycles.